The average Bonchev–Trinajstić information content (AvgIpc) is 3.03. The van der Waals surface area contributed by atoms with Gasteiger partial charge in [0, 0.05) is 29.3 Å². The molecule has 3 aliphatic rings. The molecule has 1 fully saturated rings. The number of carbonyl (C=O) groups is 1. The van der Waals surface area contributed by atoms with Crippen molar-refractivity contribution in [2.45, 2.75) is 38.3 Å². The maximum atomic E-state index is 11.9. The number of halogens is 1. The quantitative estimate of drug-likeness (QED) is 0.763. The highest BCUT2D eigenvalue weighted by molar-refractivity contribution is 6.34. The fourth-order valence-corrected chi connectivity index (χ4v) is 4.74. The summed E-state index contributed by atoms with van der Waals surface area (Å²) in [4.78, 5) is 20.7. The molecule has 8 nitrogen and oxygen atoms in total. The molecule has 0 saturated heterocycles. The predicted molar refractivity (Wildman–Crippen MR) is 116 cm³/mol. The molecule has 2 aromatic rings. The van der Waals surface area contributed by atoms with E-state index in [1.54, 1.807) is 24.5 Å². The summed E-state index contributed by atoms with van der Waals surface area (Å²) in [6.45, 7) is 0.546. The number of carboxylic acid groups (broad SMARTS) is 1. The van der Waals surface area contributed by atoms with E-state index in [0.29, 0.717) is 22.6 Å². The van der Waals surface area contributed by atoms with Crippen molar-refractivity contribution in [2.75, 3.05) is 11.4 Å². The first-order valence-electron chi connectivity index (χ1n) is 10.4. The molecule has 1 aliphatic carbocycles. The Morgan fingerprint density at radius 2 is 2.13 bits per heavy atom. The fourth-order valence-electron chi connectivity index (χ4n) is 4.56. The van der Waals surface area contributed by atoms with Crippen molar-refractivity contribution in [3.05, 3.63) is 51.9 Å². The highest BCUT2D eigenvalue weighted by Gasteiger charge is 2.30. The Bertz CT molecular complexity index is 1180. The smallest absolute Gasteiger partial charge is 0.412 e. The molecule has 31 heavy (non-hydrogen) atoms. The van der Waals surface area contributed by atoms with Crippen LogP contribution in [0.3, 0.4) is 0 Å². The number of allylic oxidation sites excluding steroid dienone is 1. The summed E-state index contributed by atoms with van der Waals surface area (Å²) >= 11 is 6.24. The van der Waals surface area contributed by atoms with Gasteiger partial charge < -0.3 is 14.8 Å². The first-order chi connectivity index (χ1) is 15.1. The Balaban J connectivity index is 1.45. The molecule has 2 aromatic heterocycles. The number of fused-ring (bicyclic) bond motifs is 3. The van der Waals surface area contributed by atoms with E-state index in [9.17, 15) is 9.90 Å². The maximum absolute atomic E-state index is 11.9. The lowest BCUT2D eigenvalue weighted by Gasteiger charge is -2.29. The van der Waals surface area contributed by atoms with Gasteiger partial charge in [0.25, 0.3) is 0 Å². The van der Waals surface area contributed by atoms with Crippen molar-refractivity contribution in [3.63, 3.8) is 0 Å². The van der Waals surface area contributed by atoms with Crippen molar-refractivity contribution in [1.29, 1.82) is 0 Å². The van der Waals surface area contributed by atoms with E-state index in [4.69, 9.17) is 16.3 Å². The predicted octanol–water partition coefficient (Wildman–Crippen LogP) is 3.52. The zero-order valence-electron chi connectivity index (χ0n) is 16.8. The molecular weight excluding hydrogens is 418 g/mol. The summed E-state index contributed by atoms with van der Waals surface area (Å²) in [6.07, 6.45) is 9.74. The van der Waals surface area contributed by atoms with Crippen molar-refractivity contribution in [2.24, 2.45) is 16.1 Å². The molecule has 160 valence electrons. The van der Waals surface area contributed by atoms with Gasteiger partial charge in [-0.3, -0.25) is 9.88 Å². The first kappa shape index (κ1) is 19.8. The number of aromatic nitrogens is 2. The Labute approximate surface area is 183 Å². The first-order valence-corrected chi connectivity index (χ1v) is 10.7. The summed E-state index contributed by atoms with van der Waals surface area (Å²) in [6, 6.07) is 3.79. The summed E-state index contributed by atoms with van der Waals surface area (Å²) in [7, 11) is 0. The van der Waals surface area contributed by atoms with E-state index in [1.807, 2.05) is 12.1 Å². The third-order valence-electron chi connectivity index (χ3n) is 6.02. The monoisotopic (exact) mass is 439 g/mol. The number of anilines is 1. The van der Waals surface area contributed by atoms with E-state index in [-0.39, 0.29) is 18.6 Å². The molecule has 4 heterocycles. The van der Waals surface area contributed by atoms with E-state index >= 15 is 0 Å². The molecule has 2 aliphatic heterocycles. The molecule has 0 spiro atoms. The summed E-state index contributed by atoms with van der Waals surface area (Å²) in [5.41, 5.74) is 2.39. The number of azo groups is 1. The molecule has 0 bridgehead atoms. The van der Waals surface area contributed by atoms with Gasteiger partial charge in [-0.25, -0.2) is 4.79 Å². The van der Waals surface area contributed by atoms with Crippen LogP contribution in [-0.2, 0) is 6.54 Å². The second kappa shape index (κ2) is 8.19. The lowest BCUT2D eigenvalue weighted by atomic mass is 9.84. The molecule has 0 atom stereocenters. The van der Waals surface area contributed by atoms with E-state index < -0.39 is 6.09 Å². The minimum atomic E-state index is -1.02. The largest absolute Gasteiger partial charge is 0.489 e. The molecule has 0 radical (unpaired) electrons. The number of amides is 1. The molecule has 2 N–H and O–H groups in total. The van der Waals surface area contributed by atoms with Crippen LogP contribution in [0.4, 0.5) is 10.5 Å². The van der Waals surface area contributed by atoms with E-state index in [1.165, 1.54) is 4.90 Å². The zero-order valence-corrected chi connectivity index (χ0v) is 17.5. The highest BCUT2D eigenvalue weighted by Crippen LogP contribution is 2.34. The lowest BCUT2D eigenvalue weighted by molar-refractivity contribution is 0.142. The third-order valence-corrected chi connectivity index (χ3v) is 6.28. The molecular formula is C22H22ClN5O3. The topological polar surface area (TPSA) is 103 Å². The minimum absolute atomic E-state index is 0.154. The Morgan fingerprint density at radius 1 is 1.29 bits per heavy atom. The van der Waals surface area contributed by atoms with Crippen LogP contribution in [0.15, 0.2) is 45.9 Å². The van der Waals surface area contributed by atoms with Gasteiger partial charge in [0.05, 0.1) is 40.9 Å². The number of hydrogen-bond acceptors (Lipinski definition) is 5. The number of ether oxygens (including phenoxy) is 1. The molecule has 9 heteroatoms. The van der Waals surface area contributed by atoms with Gasteiger partial charge in [-0.15, -0.1) is 0 Å². The van der Waals surface area contributed by atoms with Gasteiger partial charge in [0.2, 0.25) is 0 Å². The second-order valence-corrected chi connectivity index (χ2v) is 8.37. The number of aromatic amines is 1. The van der Waals surface area contributed by atoms with Gasteiger partial charge in [0.1, 0.15) is 5.75 Å². The molecule has 0 aromatic carbocycles. The number of hydrogen-bond donors (Lipinski definition) is 2. The normalized spacial score (nSPS) is 22.7. The van der Waals surface area contributed by atoms with Crippen molar-refractivity contribution >= 4 is 35.2 Å². The fraction of sp³-hybridized carbons (Fsp3) is 0.364. The van der Waals surface area contributed by atoms with Crippen LogP contribution in [0.2, 0.25) is 0 Å². The molecule has 5 rings (SSSR count). The van der Waals surface area contributed by atoms with E-state index in [0.717, 1.165) is 48.0 Å². The minimum Gasteiger partial charge on any atom is -0.489 e. The SMILES string of the molecule is O=C(O)N1CC=C(Cl)C=c2[nH]c3c(c21)CN=NC=3[C@H]1CC[C@H](Oc2cccnc2)CC1. The van der Waals surface area contributed by atoms with Crippen LogP contribution in [0.5, 0.6) is 5.75 Å². The molecule has 0 unspecified atom stereocenters. The van der Waals surface area contributed by atoms with Crippen LogP contribution in [-0.4, -0.2) is 33.8 Å². The standard InChI is InChI=1S/C22H22ClN5O3/c23-14-7-9-28(22(29)30)21-17-12-25-27-19(20(17)26-18(21)10-14)13-3-5-15(6-4-13)31-16-2-1-8-24-11-16/h1-2,7-8,10-11,13,15,26H,3-6,9,12H2,(H,29,30)/t13-,15-. The Kier molecular flexibility index (Phi) is 5.23. The van der Waals surface area contributed by atoms with E-state index in [2.05, 4.69) is 20.2 Å². The van der Waals surface area contributed by atoms with Crippen LogP contribution < -0.4 is 20.3 Å². The van der Waals surface area contributed by atoms with Crippen molar-refractivity contribution in [3.8, 4) is 5.75 Å². The van der Waals surface area contributed by atoms with Gasteiger partial charge in [-0.1, -0.05) is 11.6 Å². The van der Waals surface area contributed by atoms with Crippen molar-refractivity contribution < 1.29 is 14.6 Å². The van der Waals surface area contributed by atoms with Gasteiger partial charge in [-0.2, -0.15) is 10.2 Å². The lowest BCUT2D eigenvalue weighted by Crippen LogP contribution is -2.33. The van der Waals surface area contributed by atoms with Crippen LogP contribution >= 0.6 is 11.6 Å². The molecule has 1 saturated carbocycles. The highest BCUT2D eigenvalue weighted by atomic mass is 35.5. The summed E-state index contributed by atoms with van der Waals surface area (Å²) in [5, 5.41) is 20.6. The zero-order chi connectivity index (χ0) is 21.4. The molecule has 1 amide bonds. The summed E-state index contributed by atoms with van der Waals surface area (Å²) < 4.78 is 6.06. The van der Waals surface area contributed by atoms with Crippen LogP contribution in [0, 0.1) is 5.92 Å². The Hall–Kier alpha value is -3.13. The third kappa shape index (κ3) is 3.83. The summed E-state index contributed by atoms with van der Waals surface area (Å²) in [5.74, 6) is 1.03. The number of rotatable bonds is 3. The van der Waals surface area contributed by atoms with Crippen molar-refractivity contribution in [1.82, 2.24) is 9.97 Å². The number of pyridine rings is 1. The average molecular weight is 440 g/mol. The van der Waals surface area contributed by atoms with Gasteiger partial charge >= 0.3 is 6.09 Å². The Morgan fingerprint density at radius 3 is 2.87 bits per heavy atom. The number of nitrogens with one attached hydrogen (secondary N) is 1. The van der Waals surface area contributed by atoms with Crippen LogP contribution in [0.25, 0.3) is 11.8 Å². The number of H-pyrrole nitrogens is 1. The van der Waals surface area contributed by atoms with Gasteiger partial charge in [-0.05, 0) is 50.0 Å². The maximum Gasteiger partial charge on any atom is 0.412 e. The van der Waals surface area contributed by atoms with Gasteiger partial charge in [0.15, 0.2) is 0 Å². The second-order valence-electron chi connectivity index (χ2n) is 7.93. The number of nitrogens with zero attached hydrogens (tertiary/aromatic N) is 4. The van der Waals surface area contributed by atoms with Crippen LogP contribution in [0.1, 0.15) is 31.2 Å².